The Labute approximate surface area is 189 Å². The van der Waals surface area contributed by atoms with Gasteiger partial charge in [-0.05, 0) is 49.4 Å². The summed E-state index contributed by atoms with van der Waals surface area (Å²) in [6, 6.07) is 9.40. The van der Waals surface area contributed by atoms with Gasteiger partial charge in [-0.2, -0.15) is 0 Å². The van der Waals surface area contributed by atoms with E-state index in [0.717, 1.165) is 18.4 Å². The number of nitrogens with zero attached hydrogens (tertiary/aromatic N) is 2. The zero-order valence-electron chi connectivity index (χ0n) is 17.3. The third kappa shape index (κ3) is 5.88. The standard InChI is InChI=1S/C23H23FN4O3S/c24-19-8-4-3-7-18(19)22(30)28-23-27-16(14-32-23)12-20(29)26-13-15-9-10-25-21(11-15)31-17-5-1-2-6-17/h3-4,7-11,14,17H,1-2,5-6,12-13H2,(H,26,29)(H,27,28,30). The number of thiazole rings is 1. The van der Waals surface area contributed by atoms with Gasteiger partial charge in [0.05, 0.1) is 17.7 Å². The molecule has 0 atom stereocenters. The summed E-state index contributed by atoms with van der Waals surface area (Å²) in [6.07, 6.45) is 6.46. The first-order valence-electron chi connectivity index (χ1n) is 10.5. The van der Waals surface area contributed by atoms with Crippen molar-refractivity contribution in [3.8, 4) is 5.88 Å². The molecule has 1 aliphatic carbocycles. The van der Waals surface area contributed by atoms with Gasteiger partial charge in [0.2, 0.25) is 11.8 Å². The highest BCUT2D eigenvalue weighted by molar-refractivity contribution is 7.14. The first-order chi connectivity index (χ1) is 15.6. The quantitative estimate of drug-likeness (QED) is 0.534. The van der Waals surface area contributed by atoms with Gasteiger partial charge < -0.3 is 10.1 Å². The fourth-order valence-electron chi connectivity index (χ4n) is 3.48. The summed E-state index contributed by atoms with van der Waals surface area (Å²) in [4.78, 5) is 33.0. The van der Waals surface area contributed by atoms with Gasteiger partial charge in [0, 0.05) is 24.2 Å². The van der Waals surface area contributed by atoms with Gasteiger partial charge in [-0.15, -0.1) is 11.3 Å². The zero-order valence-corrected chi connectivity index (χ0v) is 18.2. The molecule has 1 aliphatic rings. The number of aromatic nitrogens is 2. The lowest BCUT2D eigenvalue weighted by Gasteiger charge is -2.12. The molecule has 0 bridgehead atoms. The van der Waals surface area contributed by atoms with E-state index in [-0.39, 0.29) is 24.0 Å². The molecule has 0 aliphatic heterocycles. The summed E-state index contributed by atoms with van der Waals surface area (Å²) in [5.41, 5.74) is 1.37. The molecule has 9 heteroatoms. The van der Waals surface area contributed by atoms with Crippen LogP contribution in [0.1, 0.15) is 47.3 Å². The second-order valence-electron chi connectivity index (χ2n) is 7.56. The molecule has 3 aromatic rings. The number of anilines is 1. The smallest absolute Gasteiger partial charge is 0.260 e. The summed E-state index contributed by atoms with van der Waals surface area (Å²) in [5.74, 6) is -0.799. The van der Waals surface area contributed by atoms with Crippen LogP contribution < -0.4 is 15.4 Å². The van der Waals surface area contributed by atoms with E-state index in [4.69, 9.17) is 4.74 Å². The Bertz CT molecular complexity index is 1100. The van der Waals surface area contributed by atoms with E-state index in [9.17, 15) is 14.0 Å². The van der Waals surface area contributed by atoms with Crippen LogP contribution in [-0.4, -0.2) is 27.9 Å². The van der Waals surface area contributed by atoms with E-state index in [2.05, 4.69) is 20.6 Å². The minimum atomic E-state index is -0.603. The molecule has 2 aromatic heterocycles. The topological polar surface area (TPSA) is 93.2 Å². The van der Waals surface area contributed by atoms with Crippen LogP contribution in [0.25, 0.3) is 0 Å². The molecule has 2 N–H and O–H groups in total. The average Bonchev–Trinajstić information content (AvgIpc) is 3.45. The number of carbonyl (C=O) groups is 2. The lowest BCUT2D eigenvalue weighted by Crippen LogP contribution is -2.24. The number of hydrogen-bond acceptors (Lipinski definition) is 6. The van der Waals surface area contributed by atoms with Crippen LogP contribution in [0.2, 0.25) is 0 Å². The van der Waals surface area contributed by atoms with E-state index in [1.54, 1.807) is 17.6 Å². The van der Waals surface area contributed by atoms with Crippen molar-refractivity contribution in [2.75, 3.05) is 5.32 Å². The van der Waals surface area contributed by atoms with Crippen LogP contribution in [-0.2, 0) is 17.8 Å². The summed E-state index contributed by atoms with van der Waals surface area (Å²) in [6.45, 7) is 0.351. The molecule has 1 aromatic carbocycles. The predicted octanol–water partition coefficient (Wildman–Crippen LogP) is 4.11. The Hall–Kier alpha value is -3.33. The van der Waals surface area contributed by atoms with Gasteiger partial charge in [-0.3, -0.25) is 14.9 Å². The lowest BCUT2D eigenvalue weighted by molar-refractivity contribution is -0.120. The van der Waals surface area contributed by atoms with Crippen molar-refractivity contribution < 1.29 is 18.7 Å². The van der Waals surface area contributed by atoms with Gasteiger partial charge in [-0.25, -0.2) is 14.4 Å². The van der Waals surface area contributed by atoms with Gasteiger partial charge >= 0.3 is 0 Å². The Morgan fingerprint density at radius 1 is 1.19 bits per heavy atom. The molecule has 166 valence electrons. The van der Waals surface area contributed by atoms with E-state index < -0.39 is 11.7 Å². The largest absolute Gasteiger partial charge is 0.474 e. The summed E-state index contributed by atoms with van der Waals surface area (Å²) in [7, 11) is 0. The highest BCUT2D eigenvalue weighted by atomic mass is 32.1. The number of ether oxygens (including phenoxy) is 1. The molecule has 32 heavy (non-hydrogen) atoms. The number of halogens is 1. The maximum absolute atomic E-state index is 13.7. The van der Waals surface area contributed by atoms with Crippen molar-refractivity contribution >= 4 is 28.3 Å². The summed E-state index contributed by atoms with van der Waals surface area (Å²) < 4.78 is 19.6. The Balaban J connectivity index is 1.26. The molecule has 2 amide bonds. The highest BCUT2D eigenvalue weighted by Gasteiger charge is 2.17. The van der Waals surface area contributed by atoms with Gasteiger partial charge in [-0.1, -0.05) is 12.1 Å². The molecule has 0 radical (unpaired) electrons. The van der Waals surface area contributed by atoms with Crippen molar-refractivity contribution in [2.45, 2.75) is 44.8 Å². The molecule has 0 unspecified atom stereocenters. The molecular formula is C23H23FN4O3S. The number of pyridine rings is 1. The number of benzene rings is 1. The first-order valence-corrected chi connectivity index (χ1v) is 11.3. The first kappa shape index (κ1) is 21.9. The number of rotatable bonds is 8. The monoisotopic (exact) mass is 454 g/mol. The van der Waals surface area contributed by atoms with Crippen molar-refractivity contribution in [1.82, 2.24) is 15.3 Å². The molecule has 4 rings (SSSR count). The van der Waals surface area contributed by atoms with Gasteiger partial charge in [0.25, 0.3) is 5.91 Å². The van der Waals surface area contributed by atoms with Gasteiger partial charge in [0.15, 0.2) is 5.13 Å². The van der Waals surface area contributed by atoms with Crippen LogP contribution in [0, 0.1) is 5.82 Å². The van der Waals surface area contributed by atoms with Gasteiger partial charge in [0.1, 0.15) is 11.9 Å². The number of nitrogens with one attached hydrogen (secondary N) is 2. The SMILES string of the molecule is O=C(Cc1csc(NC(=O)c2ccccc2F)n1)NCc1ccnc(OC2CCCC2)c1. The number of amides is 2. The van der Waals surface area contributed by atoms with Crippen molar-refractivity contribution in [1.29, 1.82) is 0 Å². The third-order valence-corrected chi connectivity index (χ3v) is 5.92. The fraction of sp³-hybridized carbons (Fsp3) is 0.304. The Kier molecular flexibility index (Phi) is 7.06. The van der Waals surface area contributed by atoms with E-state index in [0.29, 0.717) is 23.3 Å². The summed E-state index contributed by atoms with van der Waals surface area (Å²) in [5, 5.41) is 7.42. The minimum absolute atomic E-state index is 0.0596. The minimum Gasteiger partial charge on any atom is -0.474 e. The number of hydrogen-bond donors (Lipinski definition) is 2. The normalized spacial score (nSPS) is 13.7. The predicted molar refractivity (Wildman–Crippen MR) is 119 cm³/mol. The third-order valence-electron chi connectivity index (χ3n) is 5.11. The molecular weight excluding hydrogens is 431 g/mol. The average molecular weight is 455 g/mol. The van der Waals surface area contributed by atoms with Crippen LogP contribution in [0.5, 0.6) is 5.88 Å². The maximum atomic E-state index is 13.7. The number of carbonyl (C=O) groups excluding carboxylic acids is 2. The van der Waals surface area contributed by atoms with Crippen molar-refractivity contribution in [2.24, 2.45) is 0 Å². The molecule has 2 heterocycles. The van der Waals surface area contributed by atoms with Crippen molar-refractivity contribution in [3.63, 3.8) is 0 Å². The molecule has 1 fully saturated rings. The zero-order chi connectivity index (χ0) is 22.3. The second-order valence-corrected chi connectivity index (χ2v) is 8.42. The van der Waals surface area contributed by atoms with Crippen LogP contribution in [0.4, 0.5) is 9.52 Å². The summed E-state index contributed by atoms with van der Waals surface area (Å²) >= 11 is 1.18. The van der Waals surface area contributed by atoms with E-state index >= 15 is 0 Å². The lowest BCUT2D eigenvalue weighted by atomic mass is 10.2. The van der Waals surface area contributed by atoms with Crippen LogP contribution in [0.3, 0.4) is 0 Å². The highest BCUT2D eigenvalue weighted by Crippen LogP contribution is 2.23. The molecule has 0 saturated heterocycles. The van der Waals surface area contributed by atoms with Crippen LogP contribution >= 0.6 is 11.3 Å². The van der Waals surface area contributed by atoms with E-state index in [1.165, 1.54) is 42.4 Å². The molecule has 1 saturated carbocycles. The van der Waals surface area contributed by atoms with Crippen molar-refractivity contribution in [3.05, 3.63) is 70.6 Å². The maximum Gasteiger partial charge on any atom is 0.260 e. The second kappa shape index (κ2) is 10.3. The fourth-order valence-corrected chi connectivity index (χ4v) is 4.19. The molecule has 7 nitrogen and oxygen atoms in total. The van der Waals surface area contributed by atoms with Crippen LogP contribution in [0.15, 0.2) is 48.0 Å². The Morgan fingerprint density at radius 2 is 2.00 bits per heavy atom. The molecule has 0 spiro atoms. The van der Waals surface area contributed by atoms with E-state index in [1.807, 2.05) is 12.1 Å². The Morgan fingerprint density at radius 3 is 2.81 bits per heavy atom.